The first-order chi connectivity index (χ1) is 8.19. The first kappa shape index (κ1) is 11.7. The lowest BCUT2D eigenvalue weighted by molar-refractivity contribution is -0.115. The Labute approximate surface area is 101 Å². The monoisotopic (exact) mass is 231 g/mol. The van der Waals surface area contributed by atoms with E-state index in [-0.39, 0.29) is 5.78 Å². The SMILES string of the molecule is COc1cc(C)ccc1NC1=CC(=O)CCC1. The van der Waals surface area contributed by atoms with Gasteiger partial charge in [-0.25, -0.2) is 0 Å². The molecule has 0 saturated carbocycles. The number of hydrogen-bond acceptors (Lipinski definition) is 3. The molecule has 0 fully saturated rings. The van der Waals surface area contributed by atoms with Gasteiger partial charge in [0.05, 0.1) is 12.8 Å². The molecule has 0 unspecified atom stereocenters. The van der Waals surface area contributed by atoms with Gasteiger partial charge in [0, 0.05) is 18.2 Å². The summed E-state index contributed by atoms with van der Waals surface area (Å²) in [5.74, 6) is 1.01. The van der Waals surface area contributed by atoms with Crippen LogP contribution in [0.25, 0.3) is 0 Å². The van der Waals surface area contributed by atoms with E-state index in [2.05, 4.69) is 5.32 Å². The van der Waals surface area contributed by atoms with Gasteiger partial charge in [-0.2, -0.15) is 0 Å². The molecular weight excluding hydrogens is 214 g/mol. The van der Waals surface area contributed by atoms with Gasteiger partial charge in [0.25, 0.3) is 0 Å². The summed E-state index contributed by atoms with van der Waals surface area (Å²) in [7, 11) is 1.65. The quantitative estimate of drug-likeness (QED) is 0.868. The zero-order valence-corrected chi connectivity index (χ0v) is 10.2. The second-order valence-electron chi connectivity index (χ2n) is 4.32. The fraction of sp³-hybridized carbons (Fsp3) is 0.357. The highest BCUT2D eigenvalue weighted by Gasteiger charge is 2.11. The van der Waals surface area contributed by atoms with E-state index in [0.717, 1.165) is 35.5 Å². The van der Waals surface area contributed by atoms with Crippen LogP contribution in [-0.2, 0) is 4.79 Å². The maximum absolute atomic E-state index is 11.3. The zero-order chi connectivity index (χ0) is 12.3. The molecular formula is C14H17NO2. The van der Waals surface area contributed by atoms with Gasteiger partial charge in [-0.05, 0) is 37.5 Å². The predicted molar refractivity (Wildman–Crippen MR) is 68.3 cm³/mol. The second kappa shape index (κ2) is 5.04. The average Bonchev–Trinajstić information content (AvgIpc) is 2.31. The Balaban J connectivity index is 2.21. The molecule has 1 N–H and O–H groups in total. The Morgan fingerprint density at radius 2 is 2.12 bits per heavy atom. The van der Waals surface area contributed by atoms with Crippen LogP contribution >= 0.6 is 0 Å². The van der Waals surface area contributed by atoms with Gasteiger partial charge >= 0.3 is 0 Å². The van der Waals surface area contributed by atoms with Crippen molar-refractivity contribution in [2.24, 2.45) is 0 Å². The molecule has 1 aromatic rings. The molecule has 3 heteroatoms. The number of aryl methyl sites for hydroxylation is 1. The van der Waals surface area contributed by atoms with Crippen LogP contribution in [0.3, 0.4) is 0 Å². The molecule has 0 aromatic heterocycles. The van der Waals surface area contributed by atoms with E-state index >= 15 is 0 Å². The Hall–Kier alpha value is -1.77. The summed E-state index contributed by atoms with van der Waals surface area (Å²) in [6.45, 7) is 2.02. The van der Waals surface area contributed by atoms with Crippen molar-refractivity contribution in [3.8, 4) is 5.75 Å². The third-order valence-electron chi connectivity index (χ3n) is 2.86. The number of benzene rings is 1. The van der Waals surface area contributed by atoms with E-state index in [1.165, 1.54) is 0 Å². The van der Waals surface area contributed by atoms with Crippen LogP contribution in [0.1, 0.15) is 24.8 Å². The van der Waals surface area contributed by atoms with Crippen molar-refractivity contribution in [1.82, 2.24) is 0 Å². The van der Waals surface area contributed by atoms with Gasteiger partial charge in [-0.15, -0.1) is 0 Å². The lowest BCUT2D eigenvalue weighted by Crippen LogP contribution is -2.09. The fourth-order valence-electron chi connectivity index (χ4n) is 1.97. The van der Waals surface area contributed by atoms with E-state index in [9.17, 15) is 4.79 Å². The molecule has 0 amide bonds. The van der Waals surface area contributed by atoms with Gasteiger partial charge in [0.2, 0.25) is 0 Å². The van der Waals surface area contributed by atoms with Crippen LogP contribution in [0.5, 0.6) is 5.75 Å². The first-order valence-corrected chi connectivity index (χ1v) is 5.84. The van der Waals surface area contributed by atoms with Crippen molar-refractivity contribution >= 4 is 11.5 Å². The topological polar surface area (TPSA) is 38.3 Å². The number of ether oxygens (including phenoxy) is 1. The Morgan fingerprint density at radius 1 is 1.29 bits per heavy atom. The molecule has 0 saturated heterocycles. The Kier molecular flexibility index (Phi) is 3.47. The summed E-state index contributed by atoms with van der Waals surface area (Å²) in [6.07, 6.45) is 4.20. The minimum Gasteiger partial charge on any atom is -0.495 e. The predicted octanol–water partition coefficient (Wildman–Crippen LogP) is 3.05. The van der Waals surface area contributed by atoms with Crippen molar-refractivity contribution in [3.63, 3.8) is 0 Å². The minimum absolute atomic E-state index is 0.199. The smallest absolute Gasteiger partial charge is 0.157 e. The second-order valence-corrected chi connectivity index (χ2v) is 4.32. The number of hydrogen-bond donors (Lipinski definition) is 1. The molecule has 1 aliphatic carbocycles. The molecule has 0 aliphatic heterocycles. The number of rotatable bonds is 3. The molecule has 3 nitrogen and oxygen atoms in total. The third-order valence-corrected chi connectivity index (χ3v) is 2.86. The molecule has 0 atom stereocenters. The first-order valence-electron chi connectivity index (χ1n) is 5.84. The Bertz CT molecular complexity index is 463. The number of methoxy groups -OCH3 is 1. The van der Waals surface area contributed by atoms with Crippen molar-refractivity contribution in [1.29, 1.82) is 0 Å². The number of carbonyl (C=O) groups is 1. The van der Waals surface area contributed by atoms with Crippen LogP contribution in [-0.4, -0.2) is 12.9 Å². The standard InChI is InChI=1S/C14H17NO2/c1-10-6-7-13(14(8-10)17-2)15-11-4-3-5-12(16)9-11/h6-9,15H,3-5H2,1-2H3. The fourth-order valence-corrected chi connectivity index (χ4v) is 1.97. The highest BCUT2D eigenvalue weighted by molar-refractivity contribution is 5.91. The number of ketones is 1. The van der Waals surface area contributed by atoms with E-state index in [1.54, 1.807) is 13.2 Å². The van der Waals surface area contributed by atoms with Crippen LogP contribution < -0.4 is 10.1 Å². The number of anilines is 1. The molecule has 0 spiro atoms. The van der Waals surface area contributed by atoms with Gasteiger partial charge in [0.1, 0.15) is 5.75 Å². The molecule has 0 bridgehead atoms. The number of nitrogens with one attached hydrogen (secondary N) is 1. The van der Waals surface area contributed by atoms with Crippen molar-refractivity contribution in [2.75, 3.05) is 12.4 Å². The molecule has 17 heavy (non-hydrogen) atoms. The zero-order valence-electron chi connectivity index (χ0n) is 10.2. The number of allylic oxidation sites excluding steroid dienone is 2. The third kappa shape index (κ3) is 2.87. The summed E-state index contributed by atoms with van der Waals surface area (Å²) < 4.78 is 5.32. The van der Waals surface area contributed by atoms with Gasteiger partial charge < -0.3 is 10.1 Å². The minimum atomic E-state index is 0.199. The van der Waals surface area contributed by atoms with E-state index in [4.69, 9.17) is 4.74 Å². The van der Waals surface area contributed by atoms with E-state index in [1.807, 2.05) is 25.1 Å². The number of carbonyl (C=O) groups excluding carboxylic acids is 1. The van der Waals surface area contributed by atoms with Crippen molar-refractivity contribution in [3.05, 3.63) is 35.5 Å². The van der Waals surface area contributed by atoms with Crippen LogP contribution in [0.4, 0.5) is 5.69 Å². The van der Waals surface area contributed by atoms with Crippen LogP contribution in [0.15, 0.2) is 30.0 Å². The maximum Gasteiger partial charge on any atom is 0.157 e. The largest absolute Gasteiger partial charge is 0.495 e. The molecule has 90 valence electrons. The van der Waals surface area contributed by atoms with E-state index < -0.39 is 0 Å². The van der Waals surface area contributed by atoms with Gasteiger partial charge in [-0.3, -0.25) is 4.79 Å². The molecule has 1 aliphatic rings. The van der Waals surface area contributed by atoms with Crippen molar-refractivity contribution in [2.45, 2.75) is 26.2 Å². The highest BCUT2D eigenvalue weighted by Crippen LogP contribution is 2.28. The summed E-state index contributed by atoms with van der Waals surface area (Å²) >= 11 is 0. The molecule has 2 rings (SSSR count). The summed E-state index contributed by atoms with van der Waals surface area (Å²) in [5.41, 5.74) is 3.04. The average molecular weight is 231 g/mol. The summed E-state index contributed by atoms with van der Waals surface area (Å²) in [6, 6.07) is 5.98. The molecule has 0 heterocycles. The normalized spacial score (nSPS) is 15.4. The summed E-state index contributed by atoms with van der Waals surface area (Å²) in [5, 5.41) is 3.27. The molecule has 0 radical (unpaired) electrons. The van der Waals surface area contributed by atoms with Crippen LogP contribution in [0, 0.1) is 6.92 Å². The van der Waals surface area contributed by atoms with Crippen molar-refractivity contribution < 1.29 is 9.53 Å². The summed E-state index contributed by atoms with van der Waals surface area (Å²) in [4.78, 5) is 11.3. The lowest BCUT2D eigenvalue weighted by Gasteiger charge is -2.16. The van der Waals surface area contributed by atoms with Crippen LogP contribution in [0.2, 0.25) is 0 Å². The highest BCUT2D eigenvalue weighted by atomic mass is 16.5. The van der Waals surface area contributed by atoms with E-state index in [0.29, 0.717) is 6.42 Å². The maximum atomic E-state index is 11.3. The lowest BCUT2D eigenvalue weighted by atomic mass is 10.0. The van der Waals surface area contributed by atoms with Gasteiger partial charge in [-0.1, -0.05) is 6.07 Å². The molecule has 1 aromatic carbocycles. The van der Waals surface area contributed by atoms with Gasteiger partial charge in [0.15, 0.2) is 5.78 Å². The Morgan fingerprint density at radius 3 is 2.82 bits per heavy atom.